The summed E-state index contributed by atoms with van der Waals surface area (Å²) in [6, 6.07) is 7.85. The van der Waals surface area contributed by atoms with Gasteiger partial charge in [-0.1, -0.05) is 12.1 Å². The third-order valence-corrected chi connectivity index (χ3v) is 4.46. The molecule has 0 spiro atoms. The number of piperazine rings is 1. The molecular formula is C18H24F3N5. The maximum absolute atomic E-state index is 12.9. The van der Waals surface area contributed by atoms with Gasteiger partial charge in [-0.15, -0.1) is 0 Å². The summed E-state index contributed by atoms with van der Waals surface area (Å²) in [5.41, 5.74) is 1.57. The van der Waals surface area contributed by atoms with Crippen molar-refractivity contribution in [3.8, 4) is 6.07 Å². The highest BCUT2D eigenvalue weighted by molar-refractivity contribution is 5.80. The van der Waals surface area contributed by atoms with Crippen molar-refractivity contribution in [1.29, 1.82) is 5.26 Å². The predicted octanol–water partition coefficient (Wildman–Crippen LogP) is 2.59. The molecule has 1 N–H and O–H groups in total. The van der Waals surface area contributed by atoms with Crippen molar-refractivity contribution in [2.75, 3.05) is 32.7 Å². The molecule has 2 rings (SSSR count). The van der Waals surface area contributed by atoms with Crippen LogP contribution in [0.15, 0.2) is 29.3 Å². The molecule has 8 heteroatoms. The second kappa shape index (κ2) is 8.90. The molecule has 26 heavy (non-hydrogen) atoms. The highest BCUT2D eigenvalue weighted by Crippen LogP contribution is 2.25. The highest BCUT2D eigenvalue weighted by atomic mass is 19.4. The first-order chi connectivity index (χ1) is 12.3. The van der Waals surface area contributed by atoms with Crippen molar-refractivity contribution < 1.29 is 13.2 Å². The Labute approximate surface area is 152 Å². The molecule has 0 bridgehead atoms. The molecule has 1 atom stereocenters. The van der Waals surface area contributed by atoms with Crippen LogP contribution in [0.4, 0.5) is 13.2 Å². The molecule has 0 amide bonds. The van der Waals surface area contributed by atoms with Crippen molar-refractivity contribution in [1.82, 2.24) is 15.1 Å². The van der Waals surface area contributed by atoms with Gasteiger partial charge in [-0.05, 0) is 31.5 Å². The van der Waals surface area contributed by atoms with Crippen LogP contribution in [-0.2, 0) is 6.54 Å². The lowest BCUT2D eigenvalue weighted by Gasteiger charge is -2.39. The first-order valence-corrected chi connectivity index (χ1v) is 8.68. The zero-order valence-electron chi connectivity index (χ0n) is 15.1. The molecule has 0 radical (unpaired) electrons. The number of aliphatic imine (C=N–C) groups is 1. The quantitative estimate of drug-likeness (QED) is 0.657. The number of nitrogens with zero attached hydrogens (tertiary/aromatic N) is 4. The van der Waals surface area contributed by atoms with Gasteiger partial charge in [0.15, 0.2) is 5.96 Å². The van der Waals surface area contributed by atoms with E-state index in [1.165, 1.54) is 11.8 Å². The summed E-state index contributed by atoms with van der Waals surface area (Å²) in [7, 11) is 0. The normalized spacial score (nSPS) is 17.7. The first kappa shape index (κ1) is 20.0. The van der Waals surface area contributed by atoms with Gasteiger partial charge in [0.2, 0.25) is 0 Å². The summed E-state index contributed by atoms with van der Waals surface area (Å²) in [5.74, 6) is 0.705. The minimum absolute atomic E-state index is 0.349. The zero-order valence-corrected chi connectivity index (χ0v) is 15.1. The minimum atomic E-state index is -4.20. The summed E-state index contributed by atoms with van der Waals surface area (Å²) in [6.45, 7) is 6.00. The molecule has 1 aliphatic heterocycles. The molecule has 5 nitrogen and oxygen atoms in total. The fourth-order valence-corrected chi connectivity index (χ4v) is 2.80. The Kier molecular flexibility index (Phi) is 6.86. The molecule has 1 fully saturated rings. The zero-order chi connectivity index (χ0) is 19.2. The van der Waals surface area contributed by atoms with Crippen LogP contribution in [0.25, 0.3) is 0 Å². The molecule has 1 unspecified atom stereocenters. The molecule has 142 valence electrons. The van der Waals surface area contributed by atoms with Gasteiger partial charge in [0.05, 0.1) is 18.2 Å². The van der Waals surface area contributed by atoms with Gasteiger partial charge in [0.25, 0.3) is 0 Å². The van der Waals surface area contributed by atoms with Crippen LogP contribution in [0, 0.1) is 11.3 Å². The molecule has 1 saturated heterocycles. The Bertz CT molecular complexity index is 640. The molecule has 0 aromatic heterocycles. The molecule has 1 aromatic rings. The minimum Gasteiger partial charge on any atom is -0.357 e. The Balaban J connectivity index is 1.98. The third-order valence-electron chi connectivity index (χ3n) is 4.46. The summed E-state index contributed by atoms with van der Waals surface area (Å²) in [6.07, 6.45) is -4.20. The van der Waals surface area contributed by atoms with E-state index in [2.05, 4.69) is 16.4 Å². The van der Waals surface area contributed by atoms with E-state index in [0.29, 0.717) is 50.8 Å². The van der Waals surface area contributed by atoms with E-state index >= 15 is 0 Å². The number of rotatable bonds is 4. The molecule has 0 aliphatic carbocycles. The highest BCUT2D eigenvalue weighted by Gasteiger charge is 2.41. The average Bonchev–Trinajstić information content (AvgIpc) is 2.64. The number of hydrogen-bond acceptors (Lipinski definition) is 3. The van der Waals surface area contributed by atoms with E-state index in [9.17, 15) is 13.2 Å². The number of hydrogen-bond donors (Lipinski definition) is 1. The number of halogens is 3. The van der Waals surface area contributed by atoms with Crippen LogP contribution in [-0.4, -0.2) is 60.7 Å². The monoisotopic (exact) mass is 367 g/mol. The van der Waals surface area contributed by atoms with Gasteiger partial charge < -0.3 is 10.2 Å². The number of alkyl halides is 3. The molecule has 1 aliphatic rings. The standard InChI is InChI=1S/C18H24F3N5/c1-3-23-17(24-13-16-6-4-15(12-22)5-7-16)26-10-8-25(9-11-26)14(2)18(19,20)21/h4-7,14H,3,8-11,13H2,1-2H3,(H,23,24). The van der Waals surface area contributed by atoms with Crippen LogP contribution < -0.4 is 5.32 Å². The lowest BCUT2D eigenvalue weighted by molar-refractivity contribution is -0.181. The Morgan fingerprint density at radius 1 is 1.23 bits per heavy atom. The number of guanidine groups is 1. The summed E-state index contributed by atoms with van der Waals surface area (Å²) >= 11 is 0. The topological polar surface area (TPSA) is 54.7 Å². The summed E-state index contributed by atoms with van der Waals surface area (Å²) in [4.78, 5) is 8.04. The fraction of sp³-hybridized carbons (Fsp3) is 0.556. The van der Waals surface area contributed by atoms with Crippen molar-refractivity contribution in [2.45, 2.75) is 32.6 Å². The fourth-order valence-electron chi connectivity index (χ4n) is 2.80. The van der Waals surface area contributed by atoms with Crippen LogP contribution in [0.3, 0.4) is 0 Å². The largest absolute Gasteiger partial charge is 0.403 e. The summed E-state index contributed by atoms with van der Waals surface area (Å²) in [5, 5.41) is 12.0. The van der Waals surface area contributed by atoms with E-state index in [1.807, 2.05) is 24.0 Å². The summed E-state index contributed by atoms with van der Waals surface area (Å²) < 4.78 is 38.6. The molecule has 0 saturated carbocycles. The number of nitriles is 1. The average molecular weight is 367 g/mol. The van der Waals surface area contributed by atoms with Gasteiger partial charge in [0, 0.05) is 32.7 Å². The Morgan fingerprint density at radius 2 is 1.85 bits per heavy atom. The van der Waals surface area contributed by atoms with Crippen molar-refractivity contribution >= 4 is 5.96 Å². The van der Waals surface area contributed by atoms with E-state index in [-0.39, 0.29) is 0 Å². The van der Waals surface area contributed by atoms with Crippen molar-refractivity contribution in [2.24, 2.45) is 4.99 Å². The number of nitrogens with one attached hydrogen (secondary N) is 1. The smallest absolute Gasteiger partial charge is 0.357 e. The second-order valence-electron chi connectivity index (χ2n) is 6.22. The Hall–Kier alpha value is -2.27. The van der Waals surface area contributed by atoms with E-state index < -0.39 is 12.2 Å². The van der Waals surface area contributed by atoms with Crippen LogP contribution >= 0.6 is 0 Å². The van der Waals surface area contributed by atoms with Gasteiger partial charge >= 0.3 is 6.18 Å². The maximum Gasteiger partial charge on any atom is 0.403 e. The van der Waals surface area contributed by atoms with Gasteiger partial charge in [-0.2, -0.15) is 18.4 Å². The van der Waals surface area contributed by atoms with Gasteiger partial charge in [-0.3, -0.25) is 4.90 Å². The third kappa shape index (κ3) is 5.36. The van der Waals surface area contributed by atoms with E-state index in [4.69, 9.17) is 5.26 Å². The maximum atomic E-state index is 12.9. The van der Waals surface area contributed by atoms with Crippen molar-refractivity contribution in [3.05, 3.63) is 35.4 Å². The predicted molar refractivity (Wildman–Crippen MR) is 94.6 cm³/mol. The first-order valence-electron chi connectivity index (χ1n) is 8.68. The van der Waals surface area contributed by atoms with Crippen molar-refractivity contribution in [3.63, 3.8) is 0 Å². The molecule has 1 aromatic carbocycles. The van der Waals surface area contributed by atoms with E-state index in [0.717, 1.165) is 5.56 Å². The second-order valence-corrected chi connectivity index (χ2v) is 6.22. The van der Waals surface area contributed by atoms with Gasteiger partial charge in [-0.25, -0.2) is 4.99 Å². The molecular weight excluding hydrogens is 343 g/mol. The van der Waals surface area contributed by atoms with Crippen LogP contribution in [0.5, 0.6) is 0 Å². The SMILES string of the molecule is CCNC(=NCc1ccc(C#N)cc1)N1CCN(C(C)C(F)(F)F)CC1. The lowest BCUT2D eigenvalue weighted by Crippen LogP contribution is -2.56. The van der Waals surface area contributed by atoms with Crippen LogP contribution in [0.1, 0.15) is 25.0 Å². The van der Waals surface area contributed by atoms with Gasteiger partial charge in [0.1, 0.15) is 6.04 Å². The van der Waals surface area contributed by atoms with Crippen LogP contribution in [0.2, 0.25) is 0 Å². The Morgan fingerprint density at radius 3 is 2.35 bits per heavy atom. The van der Waals surface area contributed by atoms with E-state index in [1.54, 1.807) is 12.1 Å². The molecule has 1 heterocycles. The number of benzene rings is 1. The lowest BCUT2D eigenvalue weighted by atomic mass is 10.1.